The molecule has 0 amide bonds. The van der Waals surface area contributed by atoms with Crippen LogP contribution in [0.1, 0.15) is 56.1 Å². The highest BCUT2D eigenvalue weighted by atomic mass is 16.5. The van der Waals surface area contributed by atoms with E-state index < -0.39 is 11.9 Å². The molecule has 0 spiro atoms. The minimum atomic E-state index is -0.629. The summed E-state index contributed by atoms with van der Waals surface area (Å²) >= 11 is 0. The molecule has 1 heterocycles. The molecule has 2 aromatic carbocycles. The minimum absolute atomic E-state index is 0.0327. The molecule has 0 radical (unpaired) electrons. The lowest BCUT2D eigenvalue weighted by molar-refractivity contribution is -0.139. The van der Waals surface area contributed by atoms with Gasteiger partial charge in [0.2, 0.25) is 0 Å². The summed E-state index contributed by atoms with van der Waals surface area (Å²) in [4.78, 5) is 27.2. The number of carbonyl (C=O) groups is 2. The van der Waals surface area contributed by atoms with Crippen molar-refractivity contribution in [3.8, 4) is 23.0 Å². The number of Topliss-reactive ketones (excluding diaryl/α,β-unsaturated/α-hetero) is 1. The lowest BCUT2D eigenvalue weighted by Crippen LogP contribution is -2.36. The zero-order valence-electron chi connectivity index (χ0n) is 22.8. The number of dihydropyridines is 1. The Labute approximate surface area is 223 Å². The topological polar surface area (TPSA) is 92.3 Å². The fraction of sp³-hybridized carbons (Fsp3) is 0.400. The first kappa shape index (κ1) is 27.1. The van der Waals surface area contributed by atoms with E-state index in [-0.39, 0.29) is 11.7 Å². The Morgan fingerprint density at radius 2 is 1.66 bits per heavy atom. The van der Waals surface area contributed by atoms with Crippen molar-refractivity contribution >= 4 is 11.8 Å². The van der Waals surface area contributed by atoms with Crippen molar-refractivity contribution in [3.05, 3.63) is 70.1 Å². The summed E-state index contributed by atoms with van der Waals surface area (Å²) in [7, 11) is 6.33. The molecule has 0 aromatic heterocycles. The Morgan fingerprint density at radius 3 is 2.32 bits per heavy atom. The fourth-order valence-electron chi connectivity index (χ4n) is 5.29. The summed E-state index contributed by atoms with van der Waals surface area (Å²) in [5.74, 6) is 1.24. The number of methoxy groups -OCH3 is 4. The number of hydrogen-bond donors (Lipinski definition) is 1. The molecule has 8 heteroatoms. The third-order valence-electron chi connectivity index (χ3n) is 7.12. The molecule has 0 unspecified atom stereocenters. The van der Waals surface area contributed by atoms with Gasteiger partial charge in [-0.2, -0.15) is 0 Å². The molecule has 8 nitrogen and oxygen atoms in total. The van der Waals surface area contributed by atoms with Crippen LogP contribution < -0.4 is 24.3 Å². The minimum Gasteiger partial charge on any atom is -0.497 e. The zero-order valence-corrected chi connectivity index (χ0v) is 22.8. The standard InChI is InChI=1S/C30H35NO7/c1-7-12-38-30(33)27-17(2)31-22-13-19(18-8-11-24(35-4)26(15-18)37-6)14-23(32)29(22)28(27)21-10-9-20(34-3)16-25(21)36-5/h8-11,15-16,19,28,31H,7,12-14H2,1-6H3/t19-,28+/m1/s1. The number of nitrogens with one attached hydrogen (secondary N) is 1. The molecule has 0 bridgehead atoms. The maximum absolute atomic E-state index is 13.9. The second-order valence-corrected chi connectivity index (χ2v) is 9.38. The molecule has 0 fully saturated rings. The predicted octanol–water partition coefficient (Wildman–Crippen LogP) is 5.04. The molecular weight excluding hydrogens is 486 g/mol. The Balaban J connectivity index is 1.81. The first-order valence-corrected chi connectivity index (χ1v) is 12.7. The van der Waals surface area contributed by atoms with Gasteiger partial charge in [0.1, 0.15) is 11.5 Å². The van der Waals surface area contributed by atoms with Gasteiger partial charge < -0.3 is 29.0 Å². The number of ketones is 1. The smallest absolute Gasteiger partial charge is 0.336 e. The molecular formula is C30H35NO7. The summed E-state index contributed by atoms with van der Waals surface area (Å²) < 4.78 is 27.5. The maximum atomic E-state index is 13.9. The second-order valence-electron chi connectivity index (χ2n) is 9.38. The van der Waals surface area contributed by atoms with Gasteiger partial charge in [0.25, 0.3) is 0 Å². The van der Waals surface area contributed by atoms with Crippen LogP contribution in [0.15, 0.2) is 58.9 Å². The van der Waals surface area contributed by atoms with Crippen molar-refractivity contribution in [2.75, 3.05) is 35.0 Å². The first-order valence-electron chi connectivity index (χ1n) is 12.7. The third kappa shape index (κ3) is 5.08. The van der Waals surface area contributed by atoms with Crippen LogP contribution in [0.5, 0.6) is 23.0 Å². The van der Waals surface area contributed by atoms with Crippen molar-refractivity contribution in [2.24, 2.45) is 0 Å². The Morgan fingerprint density at radius 1 is 0.921 bits per heavy atom. The maximum Gasteiger partial charge on any atom is 0.336 e. The largest absolute Gasteiger partial charge is 0.497 e. The molecule has 0 saturated carbocycles. The Kier molecular flexibility index (Phi) is 8.29. The van der Waals surface area contributed by atoms with Crippen LogP contribution in [-0.2, 0) is 14.3 Å². The van der Waals surface area contributed by atoms with E-state index >= 15 is 0 Å². The monoisotopic (exact) mass is 521 g/mol. The van der Waals surface area contributed by atoms with Crippen molar-refractivity contribution in [2.45, 2.75) is 44.9 Å². The van der Waals surface area contributed by atoms with Crippen molar-refractivity contribution < 1.29 is 33.3 Å². The molecule has 4 rings (SSSR count). The van der Waals surface area contributed by atoms with Gasteiger partial charge in [0.15, 0.2) is 17.3 Å². The molecule has 1 aliphatic heterocycles. The molecule has 2 aromatic rings. The van der Waals surface area contributed by atoms with Crippen LogP contribution in [0.25, 0.3) is 0 Å². The van der Waals surface area contributed by atoms with E-state index in [1.54, 1.807) is 34.5 Å². The van der Waals surface area contributed by atoms with Gasteiger partial charge in [-0.25, -0.2) is 4.79 Å². The predicted molar refractivity (Wildman–Crippen MR) is 143 cm³/mol. The number of benzene rings is 2. The zero-order chi connectivity index (χ0) is 27.4. The number of ether oxygens (including phenoxy) is 5. The van der Waals surface area contributed by atoms with Gasteiger partial charge >= 0.3 is 5.97 Å². The molecule has 1 aliphatic carbocycles. The quantitative estimate of drug-likeness (QED) is 0.459. The van der Waals surface area contributed by atoms with Gasteiger partial charge in [-0.15, -0.1) is 0 Å². The van der Waals surface area contributed by atoms with E-state index in [1.807, 2.05) is 44.2 Å². The summed E-state index contributed by atoms with van der Waals surface area (Å²) in [6.45, 7) is 4.08. The molecule has 38 heavy (non-hydrogen) atoms. The Hall–Kier alpha value is -3.94. The molecule has 0 saturated heterocycles. The number of hydrogen-bond acceptors (Lipinski definition) is 8. The van der Waals surface area contributed by atoms with Gasteiger partial charge in [-0.1, -0.05) is 19.1 Å². The van der Waals surface area contributed by atoms with Gasteiger partial charge in [0.05, 0.1) is 46.5 Å². The van der Waals surface area contributed by atoms with E-state index in [0.717, 1.165) is 11.3 Å². The summed E-state index contributed by atoms with van der Waals surface area (Å²) in [5, 5.41) is 3.38. The van der Waals surface area contributed by atoms with Crippen LogP contribution in [-0.4, -0.2) is 46.8 Å². The van der Waals surface area contributed by atoms with E-state index in [4.69, 9.17) is 23.7 Å². The van der Waals surface area contributed by atoms with E-state index in [0.29, 0.717) is 71.3 Å². The average molecular weight is 522 g/mol. The van der Waals surface area contributed by atoms with Gasteiger partial charge in [-0.3, -0.25) is 4.79 Å². The number of carbonyl (C=O) groups excluding carboxylic acids is 2. The van der Waals surface area contributed by atoms with E-state index in [9.17, 15) is 9.59 Å². The average Bonchev–Trinajstić information content (AvgIpc) is 2.94. The normalized spacial score (nSPS) is 18.9. The highest BCUT2D eigenvalue weighted by Crippen LogP contribution is 2.48. The van der Waals surface area contributed by atoms with Crippen molar-refractivity contribution in [1.29, 1.82) is 0 Å². The van der Waals surface area contributed by atoms with E-state index in [1.165, 1.54) is 0 Å². The fourth-order valence-corrected chi connectivity index (χ4v) is 5.29. The Bertz CT molecular complexity index is 1290. The first-order chi connectivity index (χ1) is 18.4. The molecule has 1 N–H and O–H groups in total. The van der Waals surface area contributed by atoms with Crippen molar-refractivity contribution in [1.82, 2.24) is 5.32 Å². The van der Waals surface area contributed by atoms with Gasteiger partial charge in [0, 0.05) is 35.0 Å². The highest BCUT2D eigenvalue weighted by Gasteiger charge is 2.42. The summed E-state index contributed by atoms with van der Waals surface area (Å²) in [6.07, 6.45) is 1.59. The SMILES string of the molecule is CCCOC(=O)C1=C(C)NC2=C(C(=O)C[C@H](c3ccc(OC)c(OC)c3)C2)[C@H]1c1ccc(OC)cc1OC. The summed E-state index contributed by atoms with van der Waals surface area (Å²) in [6, 6.07) is 11.2. The lowest BCUT2D eigenvalue weighted by Gasteiger charge is -2.37. The third-order valence-corrected chi connectivity index (χ3v) is 7.12. The van der Waals surface area contributed by atoms with Crippen LogP contribution in [0, 0.1) is 0 Å². The van der Waals surface area contributed by atoms with Crippen LogP contribution in [0.2, 0.25) is 0 Å². The number of esters is 1. The number of rotatable bonds is 9. The van der Waals surface area contributed by atoms with Crippen LogP contribution in [0.4, 0.5) is 0 Å². The van der Waals surface area contributed by atoms with Gasteiger partial charge in [-0.05, 0) is 49.4 Å². The molecule has 2 atom stereocenters. The summed E-state index contributed by atoms with van der Waals surface area (Å²) in [5.41, 5.74) is 4.14. The second kappa shape index (κ2) is 11.6. The number of allylic oxidation sites excluding steroid dienone is 3. The van der Waals surface area contributed by atoms with E-state index in [2.05, 4.69) is 5.32 Å². The van der Waals surface area contributed by atoms with Crippen molar-refractivity contribution in [3.63, 3.8) is 0 Å². The van der Waals surface area contributed by atoms with Crippen LogP contribution >= 0.6 is 0 Å². The highest BCUT2D eigenvalue weighted by molar-refractivity contribution is 6.04. The lowest BCUT2D eigenvalue weighted by atomic mass is 9.71. The molecule has 2 aliphatic rings. The molecule has 202 valence electrons. The van der Waals surface area contributed by atoms with Crippen LogP contribution in [0.3, 0.4) is 0 Å².